The van der Waals surface area contributed by atoms with Gasteiger partial charge in [-0.15, -0.1) is 0 Å². The number of hydrogen-bond donors (Lipinski definition) is 3. The molecule has 4 aromatic rings. The van der Waals surface area contributed by atoms with Crippen LogP contribution in [0.3, 0.4) is 0 Å². The molecule has 3 aliphatic heterocycles. The maximum atomic E-state index is 15.0. The van der Waals surface area contributed by atoms with Crippen LogP contribution in [-0.2, 0) is 13.1 Å². The molecule has 5 heterocycles. The van der Waals surface area contributed by atoms with Crippen LogP contribution in [0.15, 0.2) is 54.7 Å². The van der Waals surface area contributed by atoms with Gasteiger partial charge in [-0.05, 0) is 75.0 Å². The van der Waals surface area contributed by atoms with Gasteiger partial charge in [0, 0.05) is 43.5 Å². The fourth-order valence-electron chi connectivity index (χ4n) is 6.98. The number of rotatable bonds is 8. The molecule has 0 radical (unpaired) electrons. The maximum Gasteiger partial charge on any atom is 0.277 e. The number of aliphatic hydroxyl groups excluding tert-OH is 1. The largest absolute Gasteiger partial charge is 0.392 e. The van der Waals surface area contributed by atoms with Crippen LogP contribution in [0, 0.1) is 5.82 Å². The van der Waals surface area contributed by atoms with E-state index in [0.29, 0.717) is 54.1 Å². The first-order valence-corrected chi connectivity index (χ1v) is 17.1. The Balaban J connectivity index is 1.06. The summed E-state index contributed by atoms with van der Waals surface area (Å²) in [6.45, 7) is 4.59. The number of pyridine rings is 1. The minimum absolute atomic E-state index is 0.190. The monoisotopic (exact) mass is 691 g/mol. The molecule has 2 atom stereocenters. The fourth-order valence-corrected chi connectivity index (χ4v) is 7.53. The highest BCUT2D eigenvalue weighted by Gasteiger charge is 2.31. The number of β-amino-alcohol motifs (C(OH)–C–C–N with tert-alkyl or cyclic N) is 1. The Kier molecular flexibility index (Phi) is 9.48. The Bertz CT molecular complexity index is 1860. The Labute approximate surface area is 287 Å². The molecule has 7 rings (SSSR count). The first kappa shape index (κ1) is 32.7. The third-order valence-corrected chi connectivity index (χ3v) is 10.2. The number of aryl methyl sites for hydroxylation is 1. The number of amides is 2. The number of likely N-dealkylation sites (tertiary alicyclic amines) is 2. The Morgan fingerprint density at radius 2 is 1.58 bits per heavy atom. The molecule has 0 saturated carbocycles. The average Bonchev–Trinajstić information content (AvgIpc) is 3.85. The Morgan fingerprint density at radius 1 is 0.896 bits per heavy atom. The first-order chi connectivity index (χ1) is 23.2. The zero-order valence-electron chi connectivity index (χ0n) is 26.3. The molecule has 3 aliphatic rings. The normalized spacial score (nSPS) is 19.8. The zero-order chi connectivity index (χ0) is 33.4. The molecule has 2 aromatic heterocycles. The lowest BCUT2D eigenvalue weighted by molar-refractivity contribution is 0.101. The lowest BCUT2D eigenvalue weighted by atomic mass is 10.0. The molecule has 3 N–H and O–H groups in total. The molecular weight excluding hydrogens is 656 g/mol. The van der Waals surface area contributed by atoms with Crippen LogP contribution < -0.4 is 10.6 Å². The number of fused-ring (bicyclic) bond motifs is 1. The van der Waals surface area contributed by atoms with Crippen molar-refractivity contribution in [2.24, 2.45) is 0 Å². The van der Waals surface area contributed by atoms with Gasteiger partial charge in [0.2, 0.25) is 0 Å². The Morgan fingerprint density at radius 3 is 2.23 bits per heavy atom. The summed E-state index contributed by atoms with van der Waals surface area (Å²) < 4.78 is 16.9. The number of aromatic nitrogens is 3. The summed E-state index contributed by atoms with van der Waals surface area (Å²) in [5, 5.41) is 20.4. The van der Waals surface area contributed by atoms with Crippen molar-refractivity contribution in [2.45, 2.75) is 57.3 Å². The predicted octanol–water partition coefficient (Wildman–Crippen LogP) is 6.39. The molecule has 250 valence electrons. The van der Waals surface area contributed by atoms with E-state index in [4.69, 9.17) is 23.2 Å². The van der Waals surface area contributed by atoms with Crippen molar-refractivity contribution in [2.75, 3.05) is 36.8 Å². The third kappa shape index (κ3) is 6.70. The van der Waals surface area contributed by atoms with Crippen molar-refractivity contribution < 1.29 is 19.1 Å². The lowest BCUT2D eigenvalue weighted by Crippen LogP contribution is -2.30. The van der Waals surface area contributed by atoms with Gasteiger partial charge in [-0.1, -0.05) is 47.5 Å². The molecule has 2 saturated heterocycles. The van der Waals surface area contributed by atoms with Gasteiger partial charge in [-0.2, -0.15) is 5.10 Å². The fraction of sp³-hybridized carbons (Fsp3) is 0.371. The SMILES string of the molecule is O=C(Nc1cccc(-c2cccc(NC(=O)c3ncc(CN4CC[C@@H](O)C4)cc3F)c2Cl)c1Cl)c1cc2n(n1)CCCC2N1CCCC1. The topological polar surface area (TPSA) is 116 Å². The highest BCUT2D eigenvalue weighted by molar-refractivity contribution is 6.40. The van der Waals surface area contributed by atoms with Crippen molar-refractivity contribution >= 4 is 46.4 Å². The number of hydrogen-bond acceptors (Lipinski definition) is 7. The van der Waals surface area contributed by atoms with Crippen LogP contribution in [0.5, 0.6) is 0 Å². The molecular formula is C35H36Cl2FN7O3. The molecule has 48 heavy (non-hydrogen) atoms. The number of halogens is 3. The highest BCUT2D eigenvalue weighted by Crippen LogP contribution is 2.40. The van der Waals surface area contributed by atoms with Crippen molar-refractivity contribution in [1.82, 2.24) is 24.6 Å². The van der Waals surface area contributed by atoms with E-state index in [2.05, 4.69) is 25.6 Å². The van der Waals surface area contributed by atoms with Crippen LogP contribution in [0.1, 0.15) is 70.4 Å². The van der Waals surface area contributed by atoms with Crippen LogP contribution >= 0.6 is 23.2 Å². The summed E-state index contributed by atoms with van der Waals surface area (Å²) in [5.74, 6) is -1.87. The molecule has 13 heteroatoms. The number of anilines is 2. The predicted molar refractivity (Wildman–Crippen MR) is 183 cm³/mol. The molecule has 10 nitrogen and oxygen atoms in total. The van der Waals surface area contributed by atoms with E-state index in [0.717, 1.165) is 38.2 Å². The van der Waals surface area contributed by atoms with Gasteiger partial charge >= 0.3 is 0 Å². The highest BCUT2D eigenvalue weighted by atomic mass is 35.5. The quantitative estimate of drug-likeness (QED) is 0.196. The molecule has 0 bridgehead atoms. The number of nitrogens with zero attached hydrogens (tertiary/aromatic N) is 5. The minimum Gasteiger partial charge on any atom is -0.392 e. The standard InChI is InChI=1S/C35H36Cl2FN7O3/c36-31-23(6-3-8-26(31)40-34(47)28-17-30-29(44-12-1-2-13-44)10-5-14-45(30)42-28)24-7-4-9-27(32(24)37)41-35(48)33-25(38)16-21(18-39-33)19-43-15-11-22(46)20-43/h3-4,6-9,16-18,22,29,46H,1-2,5,10-15,19-20H2,(H,40,47)(H,41,48)/t22-,29?/m1/s1. The van der Waals surface area contributed by atoms with Gasteiger partial charge in [0.05, 0.1) is 39.3 Å². The number of carbonyl (C=O) groups is 2. The zero-order valence-corrected chi connectivity index (χ0v) is 27.8. The molecule has 1 unspecified atom stereocenters. The van der Waals surface area contributed by atoms with Gasteiger partial charge < -0.3 is 15.7 Å². The van der Waals surface area contributed by atoms with Gasteiger partial charge in [0.25, 0.3) is 11.8 Å². The van der Waals surface area contributed by atoms with Crippen molar-refractivity contribution in [1.29, 1.82) is 0 Å². The van der Waals surface area contributed by atoms with Gasteiger partial charge in [-0.25, -0.2) is 9.37 Å². The summed E-state index contributed by atoms with van der Waals surface area (Å²) >= 11 is 13.6. The van der Waals surface area contributed by atoms with E-state index in [9.17, 15) is 19.1 Å². The van der Waals surface area contributed by atoms with E-state index >= 15 is 0 Å². The van der Waals surface area contributed by atoms with Crippen molar-refractivity contribution in [3.63, 3.8) is 0 Å². The van der Waals surface area contributed by atoms with Gasteiger partial charge in [0.15, 0.2) is 17.2 Å². The van der Waals surface area contributed by atoms with Crippen LogP contribution in [0.2, 0.25) is 10.0 Å². The number of carbonyl (C=O) groups excluding carboxylic acids is 2. The first-order valence-electron chi connectivity index (χ1n) is 16.3. The second kappa shape index (κ2) is 13.9. The molecule has 0 spiro atoms. The van der Waals surface area contributed by atoms with Gasteiger partial charge in [0.1, 0.15) is 0 Å². The number of nitrogens with one attached hydrogen (secondary N) is 2. The van der Waals surface area contributed by atoms with E-state index in [1.807, 2.05) is 15.6 Å². The third-order valence-electron chi connectivity index (χ3n) is 9.36. The summed E-state index contributed by atoms with van der Waals surface area (Å²) in [7, 11) is 0. The van der Waals surface area contributed by atoms with Crippen LogP contribution in [0.25, 0.3) is 11.1 Å². The van der Waals surface area contributed by atoms with Crippen LogP contribution in [-0.4, -0.2) is 73.8 Å². The van der Waals surface area contributed by atoms with Crippen molar-refractivity contribution in [3.05, 3.63) is 93.2 Å². The minimum atomic E-state index is -0.756. The summed E-state index contributed by atoms with van der Waals surface area (Å²) in [6.07, 6.45) is 6.23. The lowest BCUT2D eigenvalue weighted by Gasteiger charge is -2.31. The number of benzene rings is 2. The average molecular weight is 693 g/mol. The molecule has 0 aliphatic carbocycles. The second-order valence-electron chi connectivity index (χ2n) is 12.7. The Hall–Kier alpha value is -3.87. The van der Waals surface area contributed by atoms with E-state index < -0.39 is 11.7 Å². The summed E-state index contributed by atoms with van der Waals surface area (Å²) in [5.41, 5.74) is 3.35. The number of aliphatic hydroxyl groups is 1. The van der Waals surface area contributed by atoms with Gasteiger partial charge in [-0.3, -0.25) is 24.1 Å². The van der Waals surface area contributed by atoms with E-state index in [-0.39, 0.29) is 39.5 Å². The maximum absolute atomic E-state index is 15.0. The van der Waals surface area contributed by atoms with E-state index in [1.165, 1.54) is 25.1 Å². The van der Waals surface area contributed by atoms with Crippen LogP contribution in [0.4, 0.5) is 15.8 Å². The molecule has 2 fully saturated rings. The molecule has 2 amide bonds. The summed E-state index contributed by atoms with van der Waals surface area (Å²) in [6, 6.07) is 13.7. The second-order valence-corrected chi connectivity index (χ2v) is 13.4. The smallest absolute Gasteiger partial charge is 0.277 e. The molecule has 2 aromatic carbocycles. The summed E-state index contributed by atoms with van der Waals surface area (Å²) in [4.78, 5) is 35.1. The van der Waals surface area contributed by atoms with E-state index in [1.54, 1.807) is 36.4 Å². The van der Waals surface area contributed by atoms with Crippen molar-refractivity contribution in [3.8, 4) is 11.1 Å².